The zero-order valence-corrected chi connectivity index (χ0v) is 15.5. The molecule has 0 aliphatic carbocycles. The maximum absolute atomic E-state index is 9.32. The molecule has 0 saturated carbocycles. The van der Waals surface area contributed by atoms with Gasteiger partial charge in [0.1, 0.15) is 0 Å². The van der Waals surface area contributed by atoms with Crippen molar-refractivity contribution in [2.75, 3.05) is 6.61 Å². The molecular formula is C16H34ClMgO+. The predicted molar refractivity (Wildman–Crippen MR) is 83.1 cm³/mol. The van der Waals surface area contributed by atoms with Crippen LogP contribution in [0.3, 0.4) is 0 Å². The number of halogens is 1. The fraction of sp³-hybridized carbons (Fsp3) is 1.00. The van der Waals surface area contributed by atoms with Gasteiger partial charge in [0.05, 0.1) is 0 Å². The van der Waals surface area contributed by atoms with Crippen molar-refractivity contribution < 1.29 is 17.5 Å². The van der Waals surface area contributed by atoms with Crippen molar-refractivity contribution in [3.8, 4) is 0 Å². The van der Waals surface area contributed by atoms with Gasteiger partial charge in [-0.15, -0.1) is 0 Å². The summed E-state index contributed by atoms with van der Waals surface area (Å²) in [6.45, 7) is 4.92. The standard InChI is InChI=1S/C16H34O.ClH.Mg/c1-3-5-7-9-10-12-14-16(15-17)13-11-8-6-4-2;;/h16-17H,3-15H2,1-2H3;1H;/q;;+2/p-1. The summed E-state index contributed by atoms with van der Waals surface area (Å²) < 4.78 is 0. The topological polar surface area (TPSA) is 20.2 Å². The summed E-state index contributed by atoms with van der Waals surface area (Å²) in [5, 5.41) is 9.32. The number of unbranched alkanes of at least 4 members (excludes halogenated alkanes) is 8. The van der Waals surface area contributed by atoms with Gasteiger partial charge in [0, 0.05) is 6.61 Å². The SMILES string of the molecule is CCCCCCCCC(CO)CCCCCC.[Cl-].[Mg+2]. The molecule has 0 aliphatic heterocycles. The number of hydrogen-bond acceptors (Lipinski definition) is 1. The molecule has 0 radical (unpaired) electrons. The molecule has 0 rings (SSSR count). The average molecular weight is 302 g/mol. The maximum Gasteiger partial charge on any atom is 2.00 e. The molecule has 3 heteroatoms. The largest absolute Gasteiger partial charge is 2.00 e. The van der Waals surface area contributed by atoms with Crippen LogP contribution in [0.15, 0.2) is 0 Å². The Morgan fingerprint density at radius 3 is 1.47 bits per heavy atom. The van der Waals surface area contributed by atoms with E-state index < -0.39 is 0 Å². The molecule has 0 spiro atoms. The van der Waals surface area contributed by atoms with E-state index in [2.05, 4.69) is 13.8 Å². The van der Waals surface area contributed by atoms with Gasteiger partial charge in [0.25, 0.3) is 0 Å². The van der Waals surface area contributed by atoms with Crippen molar-refractivity contribution in [1.29, 1.82) is 0 Å². The van der Waals surface area contributed by atoms with E-state index in [4.69, 9.17) is 0 Å². The van der Waals surface area contributed by atoms with Crippen molar-refractivity contribution in [1.82, 2.24) is 0 Å². The van der Waals surface area contributed by atoms with Gasteiger partial charge in [-0.3, -0.25) is 0 Å². The van der Waals surface area contributed by atoms with E-state index in [0.29, 0.717) is 12.5 Å². The molecular weight excluding hydrogens is 268 g/mol. The van der Waals surface area contributed by atoms with E-state index in [-0.39, 0.29) is 35.5 Å². The molecule has 0 aromatic heterocycles. The molecule has 0 amide bonds. The Hall–Kier alpha value is 1.02. The minimum absolute atomic E-state index is 0. The monoisotopic (exact) mass is 301 g/mol. The van der Waals surface area contributed by atoms with Gasteiger partial charge >= 0.3 is 23.1 Å². The fourth-order valence-corrected chi connectivity index (χ4v) is 2.40. The van der Waals surface area contributed by atoms with Gasteiger partial charge in [-0.1, -0.05) is 78.1 Å². The molecule has 0 fully saturated rings. The van der Waals surface area contributed by atoms with Crippen LogP contribution >= 0.6 is 0 Å². The first-order valence-electron chi connectivity index (χ1n) is 7.96. The maximum atomic E-state index is 9.32. The second-order valence-electron chi connectivity index (χ2n) is 5.45. The van der Waals surface area contributed by atoms with Crippen LogP contribution in [-0.4, -0.2) is 34.8 Å². The number of rotatable bonds is 13. The molecule has 0 aromatic rings. The van der Waals surface area contributed by atoms with Crippen LogP contribution < -0.4 is 12.4 Å². The Labute approximate surface area is 143 Å². The zero-order chi connectivity index (χ0) is 12.8. The summed E-state index contributed by atoms with van der Waals surface area (Å²) in [5.74, 6) is 0.582. The first-order chi connectivity index (χ1) is 8.35. The van der Waals surface area contributed by atoms with Gasteiger partial charge in [-0.25, -0.2) is 0 Å². The van der Waals surface area contributed by atoms with E-state index in [9.17, 15) is 5.11 Å². The van der Waals surface area contributed by atoms with Crippen molar-refractivity contribution in [2.24, 2.45) is 5.92 Å². The van der Waals surface area contributed by atoms with Crippen LogP contribution in [-0.2, 0) is 0 Å². The minimum atomic E-state index is 0. The van der Waals surface area contributed by atoms with Crippen LogP contribution in [0.1, 0.15) is 90.9 Å². The Balaban J connectivity index is -0.00000128. The average Bonchev–Trinajstić information content (AvgIpc) is 2.36. The van der Waals surface area contributed by atoms with E-state index >= 15 is 0 Å². The van der Waals surface area contributed by atoms with Crippen molar-refractivity contribution in [3.63, 3.8) is 0 Å². The van der Waals surface area contributed by atoms with Crippen LogP contribution in [0.4, 0.5) is 0 Å². The molecule has 1 nitrogen and oxygen atoms in total. The summed E-state index contributed by atoms with van der Waals surface area (Å²) in [6, 6.07) is 0. The second kappa shape index (κ2) is 21.3. The summed E-state index contributed by atoms with van der Waals surface area (Å²) in [7, 11) is 0. The smallest absolute Gasteiger partial charge is 1.00 e. The van der Waals surface area contributed by atoms with E-state index in [1.807, 2.05) is 0 Å². The van der Waals surface area contributed by atoms with Crippen LogP contribution in [0.2, 0.25) is 0 Å². The third kappa shape index (κ3) is 19.0. The molecule has 19 heavy (non-hydrogen) atoms. The molecule has 1 unspecified atom stereocenters. The normalized spacial score (nSPS) is 11.5. The van der Waals surface area contributed by atoms with E-state index in [1.165, 1.54) is 77.0 Å². The first-order valence-corrected chi connectivity index (χ1v) is 7.96. The number of hydrogen-bond donors (Lipinski definition) is 1. The second-order valence-corrected chi connectivity index (χ2v) is 5.45. The van der Waals surface area contributed by atoms with E-state index in [1.54, 1.807) is 0 Å². The Kier molecular flexibility index (Phi) is 28.0. The summed E-state index contributed by atoms with van der Waals surface area (Å²) in [6.07, 6.45) is 16.0. The number of aliphatic hydroxyl groups is 1. The van der Waals surface area contributed by atoms with Gasteiger partial charge in [-0.2, -0.15) is 0 Å². The predicted octanol–water partition coefficient (Wildman–Crippen LogP) is 1.94. The summed E-state index contributed by atoms with van der Waals surface area (Å²) >= 11 is 0. The molecule has 0 bridgehead atoms. The third-order valence-corrected chi connectivity index (χ3v) is 3.69. The van der Waals surface area contributed by atoms with Crippen molar-refractivity contribution in [3.05, 3.63) is 0 Å². The van der Waals surface area contributed by atoms with Crippen molar-refractivity contribution in [2.45, 2.75) is 90.9 Å². The molecule has 0 aromatic carbocycles. The molecule has 1 atom stereocenters. The molecule has 0 aliphatic rings. The molecule has 1 N–H and O–H groups in total. The van der Waals surface area contributed by atoms with Crippen LogP contribution in [0.25, 0.3) is 0 Å². The molecule has 0 saturated heterocycles. The van der Waals surface area contributed by atoms with Gasteiger partial charge in [0.2, 0.25) is 0 Å². The fourth-order valence-electron chi connectivity index (χ4n) is 2.40. The zero-order valence-electron chi connectivity index (χ0n) is 13.3. The van der Waals surface area contributed by atoms with E-state index in [0.717, 1.165) is 0 Å². The minimum Gasteiger partial charge on any atom is -1.00 e. The Bertz CT molecular complexity index is 145. The number of aliphatic hydroxyl groups excluding tert-OH is 1. The van der Waals surface area contributed by atoms with Gasteiger partial charge in [0.15, 0.2) is 0 Å². The first kappa shape index (κ1) is 25.0. The quantitative estimate of drug-likeness (QED) is 0.407. The third-order valence-electron chi connectivity index (χ3n) is 3.69. The molecule has 0 heterocycles. The summed E-state index contributed by atoms with van der Waals surface area (Å²) in [4.78, 5) is 0. The van der Waals surface area contributed by atoms with Gasteiger partial charge < -0.3 is 17.5 Å². The van der Waals surface area contributed by atoms with Crippen LogP contribution in [0, 0.1) is 5.92 Å². The van der Waals surface area contributed by atoms with Crippen LogP contribution in [0.5, 0.6) is 0 Å². The summed E-state index contributed by atoms with van der Waals surface area (Å²) in [5.41, 5.74) is 0. The Morgan fingerprint density at radius 2 is 1.05 bits per heavy atom. The molecule has 112 valence electrons. The Morgan fingerprint density at radius 1 is 0.684 bits per heavy atom. The van der Waals surface area contributed by atoms with Gasteiger partial charge in [-0.05, 0) is 18.8 Å². The van der Waals surface area contributed by atoms with Crippen molar-refractivity contribution >= 4 is 23.1 Å².